The van der Waals surface area contributed by atoms with Gasteiger partial charge in [-0.15, -0.1) is 0 Å². The van der Waals surface area contributed by atoms with Crippen LogP contribution in [0.25, 0.3) is 0 Å². The van der Waals surface area contributed by atoms with Crippen molar-refractivity contribution in [3.63, 3.8) is 0 Å². The Labute approximate surface area is 131 Å². The number of methoxy groups -OCH3 is 1. The average molecular weight is 298 g/mol. The normalized spacial score (nSPS) is 10.9. The predicted octanol–water partition coefficient (Wildman–Crippen LogP) is 4.18. The molecule has 0 saturated carbocycles. The number of hydrogen-bond donors (Lipinski definition) is 1. The highest BCUT2D eigenvalue weighted by molar-refractivity contribution is 5.81. The lowest BCUT2D eigenvalue weighted by Gasteiger charge is -2.12. The van der Waals surface area contributed by atoms with Gasteiger partial charge in [-0.05, 0) is 41.8 Å². The molecule has 2 aromatic rings. The van der Waals surface area contributed by atoms with E-state index in [0.717, 1.165) is 17.0 Å². The van der Waals surface area contributed by atoms with E-state index in [1.807, 2.05) is 48.5 Å². The number of rotatable bonds is 7. The molecule has 0 heterocycles. The van der Waals surface area contributed by atoms with Gasteiger partial charge in [0.25, 0.3) is 0 Å². The number of hydrogen-bond acceptors (Lipinski definition) is 4. The molecular weight excluding hydrogens is 276 g/mol. The molecule has 4 nitrogen and oxygen atoms in total. The van der Waals surface area contributed by atoms with Crippen molar-refractivity contribution >= 4 is 11.9 Å². The molecule has 1 N–H and O–H groups in total. The molecule has 0 unspecified atom stereocenters. The molecule has 0 bridgehead atoms. The summed E-state index contributed by atoms with van der Waals surface area (Å²) in [5.74, 6) is 1.94. The zero-order chi connectivity index (χ0) is 15.8. The van der Waals surface area contributed by atoms with Gasteiger partial charge in [0.2, 0.25) is 0 Å². The largest absolute Gasteiger partial charge is 0.493 e. The van der Waals surface area contributed by atoms with Gasteiger partial charge in [0.1, 0.15) is 0 Å². The second-order valence-corrected chi connectivity index (χ2v) is 5.35. The second-order valence-electron chi connectivity index (χ2n) is 5.35. The number of ether oxygens (including phenoxy) is 2. The van der Waals surface area contributed by atoms with Crippen LogP contribution in [0.5, 0.6) is 11.5 Å². The van der Waals surface area contributed by atoms with Crippen molar-refractivity contribution in [1.29, 1.82) is 0 Å². The molecule has 0 saturated heterocycles. The molecule has 2 rings (SSSR count). The molecular formula is C18H22N2O2. The zero-order valence-electron chi connectivity index (χ0n) is 13.2. The molecule has 0 fully saturated rings. The SMILES string of the molecule is COc1cc(C=NNc2ccccc2)ccc1OCC(C)C. The highest BCUT2D eigenvalue weighted by atomic mass is 16.5. The minimum Gasteiger partial charge on any atom is -0.493 e. The molecule has 116 valence electrons. The first-order chi connectivity index (χ1) is 10.7. The molecule has 0 aliphatic heterocycles. The van der Waals surface area contributed by atoms with Gasteiger partial charge < -0.3 is 9.47 Å². The fourth-order valence-electron chi connectivity index (χ4n) is 1.83. The maximum atomic E-state index is 5.73. The van der Waals surface area contributed by atoms with Crippen molar-refractivity contribution in [2.45, 2.75) is 13.8 Å². The van der Waals surface area contributed by atoms with Crippen molar-refractivity contribution in [1.82, 2.24) is 0 Å². The summed E-state index contributed by atoms with van der Waals surface area (Å²) in [6, 6.07) is 15.6. The number of nitrogens with one attached hydrogen (secondary N) is 1. The first kappa shape index (κ1) is 15.9. The number of hydrazone groups is 1. The van der Waals surface area contributed by atoms with Crippen molar-refractivity contribution in [2.24, 2.45) is 11.0 Å². The van der Waals surface area contributed by atoms with E-state index >= 15 is 0 Å². The van der Waals surface area contributed by atoms with Crippen LogP contribution < -0.4 is 14.9 Å². The molecule has 0 aromatic heterocycles. The predicted molar refractivity (Wildman–Crippen MR) is 91.0 cm³/mol. The van der Waals surface area contributed by atoms with Crippen LogP contribution in [0.15, 0.2) is 53.6 Å². The molecule has 0 radical (unpaired) electrons. The van der Waals surface area contributed by atoms with E-state index in [4.69, 9.17) is 9.47 Å². The van der Waals surface area contributed by atoms with E-state index in [1.54, 1.807) is 13.3 Å². The van der Waals surface area contributed by atoms with Gasteiger partial charge in [-0.25, -0.2) is 0 Å². The lowest BCUT2D eigenvalue weighted by Crippen LogP contribution is -2.05. The Morgan fingerprint density at radius 3 is 2.55 bits per heavy atom. The number of para-hydroxylation sites is 1. The Balaban J connectivity index is 2.02. The molecule has 0 amide bonds. The smallest absolute Gasteiger partial charge is 0.161 e. The van der Waals surface area contributed by atoms with Crippen molar-refractivity contribution < 1.29 is 9.47 Å². The minimum atomic E-state index is 0.473. The van der Waals surface area contributed by atoms with E-state index in [9.17, 15) is 0 Å². The third-order valence-electron chi connectivity index (χ3n) is 2.94. The van der Waals surface area contributed by atoms with Crippen LogP contribution in [-0.2, 0) is 0 Å². The standard InChI is InChI=1S/C18H22N2O2/c1-14(2)13-22-17-10-9-15(11-18(17)21-3)12-19-20-16-7-5-4-6-8-16/h4-12,14,20H,13H2,1-3H3. The van der Waals surface area contributed by atoms with Crippen LogP contribution in [0.1, 0.15) is 19.4 Å². The summed E-state index contributed by atoms with van der Waals surface area (Å²) in [4.78, 5) is 0. The third-order valence-corrected chi connectivity index (χ3v) is 2.94. The number of anilines is 1. The maximum absolute atomic E-state index is 5.73. The van der Waals surface area contributed by atoms with E-state index < -0.39 is 0 Å². The topological polar surface area (TPSA) is 42.8 Å². The Kier molecular flexibility index (Phi) is 5.83. The van der Waals surface area contributed by atoms with Crippen LogP contribution in [-0.4, -0.2) is 19.9 Å². The van der Waals surface area contributed by atoms with Gasteiger partial charge in [0.05, 0.1) is 25.6 Å². The maximum Gasteiger partial charge on any atom is 0.161 e. The number of nitrogens with zero attached hydrogens (tertiary/aromatic N) is 1. The number of benzene rings is 2. The highest BCUT2D eigenvalue weighted by Gasteiger charge is 2.06. The third kappa shape index (κ3) is 4.81. The van der Waals surface area contributed by atoms with Gasteiger partial charge >= 0.3 is 0 Å². The first-order valence-corrected chi connectivity index (χ1v) is 7.34. The lowest BCUT2D eigenvalue weighted by atomic mass is 10.2. The summed E-state index contributed by atoms with van der Waals surface area (Å²) in [5.41, 5.74) is 4.87. The zero-order valence-corrected chi connectivity index (χ0v) is 13.2. The fourth-order valence-corrected chi connectivity index (χ4v) is 1.83. The first-order valence-electron chi connectivity index (χ1n) is 7.34. The van der Waals surface area contributed by atoms with E-state index in [1.165, 1.54) is 0 Å². The van der Waals surface area contributed by atoms with Crippen LogP contribution in [0.2, 0.25) is 0 Å². The van der Waals surface area contributed by atoms with Crippen LogP contribution in [0.3, 0.4) is 0 Å². The average Bonchev–Trinajstić information content (AvgIpc) is 2.54. The summed E-state index contributed by atoms with van der Waals surface area (Å²) in [5, 5.41) is 4.22. The van der Waals surface area contributed by atoms with Gasteiger partial charge in [-0.2, -0.15) is 5.10 Å². The molecule has 0 aliphatic carbocycles. The molecule has 2 aromatic carbocycles. The highest BCUT2D eigenvalue weighted by Crippen LogP contribution is 2.28. The Bertz CT molecular complexity index is 610. The lowest BCUT2D eigenvalue weighted by molar-refractivity contribution is 0.257. The molecule has 0 aliphatic rings. The summed E-state index contributed by atoms with van der Waals surface area (Å²) in [6.07, 6.45) is 1.75. The molecule has 0 atom stereocenters. The Hall–Kier alpha value is -2.49. The fraction of sp³-hybridized carbons (Fsp3) is 0.278. The Morgan fingerprint density at radius 2 is 1.86 bits per heavy atom. The summed E-state index contributed by atoms with van der Waals surface area (Å²) in [7, 11) is 1.64. The quantitative estimate of drug-likeness (QED) is 0.616. The van der Waals surface area contributed by atoms with Crippen molar-refractivity contribution in [3.05, 3.63) is 54.1 Å². The monoisotopic (exact) mass is 298 g/mol. The molecule has 4 heteroatoms. The van der Waals surface area contributed by atoms with Gasteiger partial charge in [0, 0.05) is 0 Å². The summed E-state index contributed by atoms with van der Waals surface area (Å²) in [6.45, 7) is 4.89. The van der Waals surface area contributed by atoms with Crippen molar-refractivity contribution in [3.8, 4) is 11.5 Å². The summed E-state index contributed by atoms with van der Waals surface area (Å²) >= 11 is 0. The van der Waals surface area contributed by atoms with Gasteiger partial charge in [-0.3, -0.25) is 5.43 Å². The van der Waals surface area contributed by atoms with E-state index in [0.29, 0.717) is 18.3 Å². The van der Waals surface area contributed by atoms with E-state index in [-0.39, 0.29) is 0 Å². The van der Waals surface area contributed by atoms with Crippen LogP contribution in [0.4, 0.5) is 5.69 Å². The second kappa shape index (κ2) is 8.08. The van der Waals surface area contributed by atoms with Crippen LogP contribution >= 0.6 is 0 Å². The summed E-state index contributed by atoms with van der Waals surface area (Å²) < 4.78 is 11.1. The molecule has 22 heavy (non-hydrogen) atoms. The van der Waals surface area contributed by atoms with E-state index in [2.05, 4.69) is 24.4 Å². The van der Waals surface area contributed by atoms with Gasteiger partial charge in [0.15, 0.2) is 11.5 Å². The molecule has 0 spiro atoms. The minimum absolute atomic E-state index is 0.473. The van der Waals surface area contributed by atoms with Crippen molar-refractivity contribution in [2.75, 3.05) is 19.1 Å². The Morgan fingerprint density at radius 1 is 1.09 bits per heavy atom. The van der Waals surface area contributed by atoms with Crippen LogP contribution in [0, 0.1) is 5.92 Å². The van der Waals surface area contributed by atoms with Gasteiger partial charge in [-0.1, -0.05) is 32.0 Å².